The SMILES string of the molecule is CC(C)[Si](C#Cc1c2cc3cc(-c4cccc(-c5cc6cc7c(C#C[Si](C(C)C)(C(C)C)C(C)C)c8cc9sccc9cc8c(C#C[Si](C(C)C)(C(C)C)C(C)C)c7cc6s5)c4)sc3cc2c(C#C[Si](C(C)C)(C(C)C)C(C)C)c2cc3ccsc3cc12)(C(C)C)C(C)C. The summed E-state index contributed by atoms with van der Waals surface area (Å²) in [5.74, 6) is 16.5. The van der Waals surface area contributed by atoms with Crippen LogP contribution in [0.3, 0.4) is 0 Å². The summed E-state index contributed by atoms with van der Waals surface area (Å²) in [5.41, 5.74) is 30.3. The summed E-state index contributed by atoms with van der Waals surface area (Å²) < 4.78 is 5.17. The molecular weight excluding hydrogens is 1270 g/mol. The fourth-order valence-corrected chi connectivity index (χ4v) is 43.1. The van der Waals surface area contributed by atoms with Gasteiger partial charge in [0, 0.05) is 72.4 Å². The van der Waals surface area contributed by atoms with Crippen molar-refractivity contribution in [2.24, 2.45) is 0 Å². The topological polar surface area (TPSA) is 0 Å². The fraction of sp³-hybridized carbons (Fsp3) is 0.419. The molecule has 486 valence electrons. The Bertz CT molecular complexity index is 4330. The molecule has 0 bridgehead atoms. The van der Waals surface area contributed by atoms with E-state index in [9.17, 15) is 0 Å². The van der Waals surface area contributed by atoms with Crippen LogP contribution in [0.5, 0.6) is 0 Å². The highest BCUT2D eigenvalue weighted by molar-refractivity contribution is 7.23. The van der Waals surface area contributed by atoms with Crippen LogP contribution in [0.4, 0.5) is 0 Å². The highest BCUT2D eigenvalue weighted by Gasteiger charge is 2.45. The smallest absolute Gasteiger partial charge is 0.144 e. The molecule has 0 aliphatic rings. The Balaban J connectivity index is 1.14. The van der Waals surface area contributed by atoms with Gasteiger partial charge in [0.15, 0.2) is 0 Å². The van der Waals surface area contributed by atoms with Gasteiger partial charge in [0.25, 0.3) is 0 Å². The highest BCUT2D eigenvalue weighted by atomic mass is 32.1. The first-order valence-corrected chi connectivity index (χ1v) is 47.7. The van der Waals surface area contributed by atoms with Gasteiger partial charge in [-0.1, -0.05) is 208 Å². The lowest BCUT2D eigenvalue weighted by atomic mass is 9.91. The van der Waals surface area contributed by atoms with Crippen LogP contribution in [0.1, 0.15) is 188 Å². The summed E-state index contributed by atoms with van der Waals surface area (Å²) in [5, 5.41) is 19.4. The van der Waals surface area contributed by atoms with Crippen LogP contribution < -0.4 is 0 Å². The lowest BCUT2D eigenvalue weighted by Gasteiger charge is -2.38. The Morgan fingerprint density at radius 3 is 0.745 bits per heavy atom. The predicted octanol–water partition coefficient (Wildman–Crippen LogP) is 28.8. The average Bonchev–Trinajstić information content (AvgIpc) is 1.24. The highest BCUT2D eigenvalue weighted by Crippen LogP contribution is 2.49. The van der Waals surface area contributed by atoms with Gasteiger partial charge in [0.2, 0.25) is 0 Å². The van der Waals surface area contributed by atoms with Crippen molar-refractivity contribution >= 4 is 161 Å². The molecule has 0 radical (unpaired) electrons. The van der Waals surface area contributed by atoms with Gasteiger partial charge < -0.3 is 0 Å². The number of hydrogen-bond donors (Lipinski definition) is 0. The minimum Gasteiger partial charge on any atom is -0.144 e. The van der Waals surface area contributed by atoms with Crippen LogP contribution in [0.15, 0.2) is 108 Å². The number of benzene rings is 7. The van der Waals surface area contributed by atoms with Gasteiger partial charge >= 0.3 is 0 Å². The van der Waals surface area contributed by atoms with Crippen molar-refractivity contribution in [3.8, 4) is 66.7 Å². The second-order valence-electron chi connectivity index (χ2n) is 31.5. The molecule has 0 saturated heterocycles. The molecule has 4 aromatic heterocycles. The summed E-state index contributed by atoms with van der Waals surface area (Å²) in [6.45, 7) is 58.5. The summed E-state index contributed by atoms with van der Waals surface area (Å²) in [7, 11) is -8.47. The molecule has 11 aromatic rings. The molecule has 7 aromatic carbocycles. The second-order valence-corrected chi connectivity index (χ2v) is 57.9. The Morgan fingerprint density at radius 2 is 0.489 bits per heavy atom. The Hall–Kier alpha value is -5.47. The van der Waals surface area contributed by atoms with E-state index in [-0.39, 0.29) is 0 Å². The Labute approximate surface area is 585 Å². The Morgan fingerprint density at radius 1 is 0.255 bits per heavy atom. The van der Waals surface area contributed by atoms with Gasteiger partial charge in [0.05, 0.1) is 0 Å². The van der Waals surface area contributed by atoms with Gasteiger partial charge in [-0.2, -0.15) is 0 Å². The van der Waals surface area contributed by atoms with E-state index in [0.29, 0.717) is 66.5 Å². The van der Waals surface area contributed by atoms with E-state index in [1.807, 2.05) is 45.3 Å². The first-order valence-electron chi connectivity index (χ1n) is 35.4. The molecule has 94 heavy (non-hydrogen) atoms. The summed E-state index contributed by atoms with van der Waals surface area (Å²) in [6, 6.07) is 38.7. The minimum atomic E-state index is -2.12. The van der Waals surface area contributed by atoms with Crippen molar-refractivity contribution in [3.05, 3.63) is 130 Å². The number of thiophene rings is 4. The maximum atomic E-state index is 4.23. The summed E-state index contributed by atoms with van der Waals surface area (Å²) in [6.07, 6.45) is 0. The zero-order valence-corrected chi connectivity index (χ0v) is 68.2. The van der Waals surface area contributed by atoms with Crippen molar-refractivity contribution in [2.45, 2.75) is 233 Å². The van der Waals surface area contributed by atoms with Crippen LogP contribution in [0.25, 0.3) is 104 Å². The molecule has 0 fully saturated rings. The van der Waals surface area contributed by atoms with Crippen molar-refractivity contribution < 1.29 is 0 Å². The maximum Gasteiger partial charge on any atom is 0.146 e. The molecule has 4 heterocycles. The molecule has 0 nitrogen and oxygen atoms in total. The molecule has 0 saturated carbocycles. The molecule has 11 rings (SSSR count). The first-order chi connectivity index (χ1) is 44.4. The molecule has 0 amide bonds. The number of hydrogen-bond acceptors (Lipinski definition) is 4. The quantitative estimate of drug-likeness (QED) is 0.0578. The molecule has 0 atom stereocenters. The maximum absolute atomic E-state index is 4.23. The zero-order valence-electron chi connectivity index (χ0n) is 61.0. The first kappa shape index (κ1) is 69.9. The van der Waals surface area contributed by atoms with Gasteiger partial charge in [-0.3, -0.25) is 0 Å². The van der Waals surface area contributed by atoms with Crippen molar-refractivity contribution in [2.75, 3.05) is 0 Å². The van der Waals surface area contributed by atoms with Crippen LogP contribution in [-0.2, 0) is 0 Å². The fourth-order valence-electron chi connectivity index (χ4n) is 18.5. The number of rotatable bonds is 14. The van der Waals surface area contributed by atoms with E-state index in [4.69, 9.17) is 0 Å². The molecular formula is C86H102S4Si4. The van der Waals surface area contributed by atoms with Crippen molar-refractivity contribution in [1.82, 2.24) is 0 Å². The molecule has 0 aliphatic carbocycles. The van der Waals surface area contributed by atoms with E-state index in [1.165, 1.54) is 127 Å². The molecule has 0 unspecified atom stereocenters. The lowest BCUT2D eigenvalue weighted by Crippen LogP contribution is -2.43. The van der Waals surface area contributed by atoms with E-state index < -0.39 is 32.3 Å². The normalized spacial score (nSPS) is 13.1. The van der Waals surface area contributed by atoms with Gasteiger partial charge in [-0.15, -0.1) is 67.5 Å². The third-order valence-corrected chi connectivity index (χ3v) is 52.4. The Kier molecular flexibility index (Phi) is 19.9. The van der Waals surface area contributed by atoms with Crippen LogP contribution >= 0.6 is 45.3 Å². The lowest BCUT2D eigenvalue weighted by molar-refractivity contribution is 0.838. The van der Waals surface area contributed by atoms with E-state index >= 15 is 0 Å². The van der Waals surface area contributed by atoms with Crippen molar-refractivity contribution in [3.63, 3.8) is 0 Å². The summed E-state index contributed by atoms with van der Waals surface area (Å²) in [4.78, 5) is 2.54. The van der Waals surface area contributed by atoms with Crippen LogP contribution in [-0.4, -0.2) is 32.3 Å². The van der Waals surface area contributed by atoms with Crippen LogP contribution in [0.2, 0.25) is 66.5 Å². The zero-order chi connectivity index (χ0) is 68.0. The second kappa shape index (κ2) is 26.7. The monoisotopic (exact) mass is 1370 g/mol. The van der Waals surface area contributed by atoms with Gasteiger partial charge in [0.1, 0.15) is 32.3 Å². The van der Waals surface area contributed by atoms with Gasteiger partial charge in [-0.05, 0) is 210 Å². The van der Waals surface area contributed by atoms with Gasteiger partial charge in [-0.25, -0.2) is 0 Å². The molecule has 0 aliphatic heterocycles. The van der Waals surface area contributed by atoms with E-state index in [2.05, 4.69) is 320 Å². The van der Waals surface area contributed by atoms with E-state index in [1.54, 1.807) is 0 Å². The predicted molar refractivity (Wildman–Crippen MR) is 441 cm³/mol. The average molecular weight is 1380 g/mol. The van der Waals surface area contributed by atoms with Crippen LogP contribution in [0, 0.1) is 45.9 Å². The molecule has 8 heteroatoms. The standard InChI is InChI=1S/C86H102S4Si4/c1-51(2)91(52(3)4,53(5)6)36-30-69-73-41-65-28-34-87-81(65)47-77(73)71(32-38-93(57(13)14,58(15)16)59(17)18)75-43-67-45-83(89-85(67)49-79(69)75)63-26-25-27-64(40-63)84-46-68-44-76-72(33-39-94(60(19)20,61(21)22)62(23)24)78-48-82-66(29-35-88-82)42-74(78)70(80(76)50-86(68)90-84)31-37-92(54(7)8,55(9)10)56(11)12/h25-29,34-35,40-62H,1-24H3. The summed E-state index contributed by atoms with van der Waals surface area (Å²) >= 11 is 7.49. The number of fused-ring (bicyclic) bond motifs is 8. The van der Waals surface area contributed by atoms with Crippen molar-refractivity contribution in [1.29, 1.82) is 0 Å². The largest absolute Gasteiger partial charge is 0.146 e. The third-order valence-electron chi connectivity index (χ3n) is 23.2. The minimum absolute atomic E-state index is 0.521. The third kappa shape index (κ3) is 11.7. The molecule has 0 N–H and O–H groups in total. The van der Waals surface area contributed by atoms with E-state index in [0.717, 1.165) is 0 Å². The molecule has 0 spiro atoms.